The zero-order valence-electron chi connectivity index (χ0n) is 12.1. The molecule has 0 unspecified atom stereocenters. The first-order valence-corrected chi connectivity index (χ1v) is 7.18. The highest BCUT2D eigenvalue weighted by molar-refractivity contribution is 6.07. The van der Waals surface area contributed by atoms with E-state index < -0.39 is 5.41 Å². The summed E-state index contributed by atoms with van der Waals surface area (Å²) < 4.78 is 0. The summed E-state index contributed by atoms with van der Waals surface area (Å²) in [6.07, 6.45) is 2.10. The second-order valence-corrected chi connectivity index (χ2v) is 5.70. The van der Waals surface area contributed by atoms with Crippen LogP contribution in [0, 0.1) is 5.41 Å². The molecule has 0 atom stereocenters. The van der Waals surface area contributed by atoms with Crippen LogP contribution >= 0.6 is 0 Å². The van der Waals surface area contributed by atoms with Gasteiger partial charge in [-0.05, 0) is 38.7 Å². The lowest BCUT2D eigenvalue weighted by Gasteiger charge is -2.17. The van der Waals surface area contributed by atoms with E-state index >= 15 is 0 Å². The lowest BCUT2D eigenvalue weighted by molar-refractivity contribution is -0.137. The standard InChI is InChI=1S/C16H22N2O2/c1-12(2)18-15(20)16(9-10-16)14(19)17-11-8-13-6-4-3-5-7-13/h3-7,12H,8-11H2,1-2H3,(H,17,19)(H,18,20). The van der Waals surface area contributed by atoms with Gasteiger partial charge in [0, 0.05) is 12.6 Å². The fourth-order valence-corrected chi connectivity index (χ4v) is 2.22. The molecule has 0 bridgehead atoms. The van der Waals surface area contributed by atoms with Crippen LogP contribution in [0.3, 0.4) is 0 Å². The Balaban J connectivity index is 1.81. The normalized spacial score (nSPS) is 15.8. The summed E-state index contributed by atoms with van der Waals surface area (Å²) in [4.78, 5) is 24.2. The molecule has 4 heteroatoms. The van der Waals surface area contributed by atoms with Crippen molar-refractivity contribution in [3.05, 3.63) is 35.9 Å². The first-order chi connectivity index (χ1) is 9.54. The minimum atomic E-state index is -0.805. The molecule has 2 rings (SSSR count). The van der Waals surface area contributed by atoms with Gasteiger partial charge in [0.1, 0.15) is 5.41 Å². The summed E-state index contributed by atoms with van der Waals surface area (Å²) in [7, 11) is 0. The molecule has 0 heterocycles. The van der Waals surface area contributed by atoms with E-state index in [2.05, 4.69) is 10.6 Å². The predicted molar refractivity (Wildman–Crippen MR) is 78.1 cm³/mol. The van der Waals surface area contributed by atoms with Crippen LogP contribution in [0.2, 0.25) is 0 Å². The van der Waals surface area contributed by atoms with Gasteiger partial charge in [-0.2, -0.15) is 0 Å². The van der Waals surface area contributed by atoms with E-state index in [1.165, 1.54) is 5.56 Å². The lowest BCUT2D eigenvalue weighted by atomic mass is 10.0. The second-order valence-electron chi connectivity index (χ2n) is 5.70. The quantitative estimate of drug-likeness (QED) is 0.775. The Bertz CT molecular complexity index is 479. The Labute approximate surface area is 119 Å². The third-order valence-electron chi connectivity index (χ3n) is 3.58. The van der Waals surface area contributed by atoms with E-state index in [4.69, 9.17) is 0 Å². The van der Waals surface area contributed by atoms with Crippen LogP contribution in [0.5, 0.6) is 0 Å². The molecule has 1 aromatic carbocycles. The highest BCUT2D eigenvalue weighted by atomic mass is 16.2. The molecule has 2 N–H and O–H groups in total. The first-order valence-electron chi connectivity index (χ1n) is 7.18. The molecule has 2 amide bonds. The fraction of sp³-hybridized carbons (Fsp3) is 0.500. The van der Waals surface area contributed by atoms with E-state index in [0.717, 1.165) is 6.42 Å². The van der Waals surface area contributed by atoms with Crippen LogP contribution in [0.25, 0.3) is 0 Å². The Hall–Kier alpha value is -1.84. The number of carbonyl (C=O) groups is 2. The number of hydrogen-bond donors (Lipinski definition) is 2. The third kappa shape index (κ3) is 3.38. The summed E-state index contributed by atoms with van der Waals surface area (Å²) in [5.74, 6) is -0.267. The van der Waals surface area contributed by atoms with Crippen molar-refractivity contribution in [3.8, 4) is 0 Å². The van der Waals surface area contributed by atoms with Crippen LogP contribution in [0.4, 0.5) is 0 Å². The molecule has 1 aliphatic carbocycles. The van der Waals surface area contributed by atoms with Gasteiger partial charge < -0.3 is 10.6 Å². The monoisotopic (exact) mass is 274 g/mol. The molecule has 1 aromatic rings. The summed E-state index contributed by atoms with van der Waals surface area (Å²) in [6, 6.07) is 10.1. The van der Waals surface area contributed by atoms with Gasteiger partial charge in [-0.25, -0.2) is 0 Å². The Morgan fingerprint density at radius 1 is 1.15 bits per heavy atom. The van der Waals surface area contributed by atoms with E-state index in [1.807, 2.05) is 44.2 Å². The van der Waals surface area contributed by atoms with Crippen molar-refractivity contribution in [2.24, 2.45) is 5.41 Å². The maximum atomic E-state index is 12.2. The van der Waals surface area contributed by atoms with Crippen molar-refractivity contribution in [2.75, 3.05) is 6.54 Å². The molecule has 0 saturated heterocycles. The van der Waals surface area contributed by atoms with Crippen LogP contribution in [-0.2, 0) is 16.0 Å². The van der Waals surface area contributed by atoms with E-state index in [0.29, 0.717) is 19.4 Å². The van der Waals surface area contributed by atoms with Crippen molar-refractivity contribution < 1.29 is 9.59 Å². The van der Waals surface area contributed by atoms with Gasteiger partial charge in [0.2, 0.25) is 11.8 Å². The van der Waals surface area contributed by atoms with Gasteiger partial charge in [0.15, 0.2) is 0 Å². The maximum Gasteiger partial charge on any atom is 0.235 e. The highest BCUT2D eigenvalue weighted by Crippen LogP contribution is 2.46. The molecule has 0 aliphatic heterocycles. The Kier molecular flexibility index (Phi) is 4.42. The third-order valence-corrected chi connectivity index (χ3v) is 3.58. The van der Waals surface area contributed by atoms with Gasteiger partial charge >= 0.3 is 0 Å². The van der Waals surface area contributed by atoms with Gasteiger partial charge in [0.05, 0.1) is 0 Å². The molecule has 20 heavy (non-hydrogen) atoms. The largest absolute Gasteiger partial charge is 0.355 e. The van der Waals surface area contributed by atoms with Gasteiger partial charge in [0.25, 0.3) is 0 Å². The van der Waals surface area contributed by atoms with Crippen LogP contribution in [0.15, 0.2) is 30.3 Å². The van der Waals surface area contributed by atoms with Crippen molar-refractivity contribution in [2.45, 2.75) is 39.2 Å². The van der Waals surface area contributed by atoms with E-state index in [1.54, 1.807) is 0 Å². The first kappa shape index (κ1) is 14.6. The molecule has 4 nitrogen and oxygen atoms in total. The van der Waals surface area contributed by atoms with Crippen molar-refractivity contribution in [1.29, 1.82) is 0 Å². The number of nitrogens with one attached hydrogen (secondary N) is 2. The zero-order chi connectivity index (χ0) is 14.6. The van der Waals surface area contributed by atoms with Crippen LogP contribution < -0.4 is 10.6 Å². The second kappa shape index (κ2) is 6.07. The molecule has 1 fully saturated rings. The van der Waals surface area contributed by atoms with Crippen molar-refractivity contribution in [3.63, 3.8) is 0 Å². The number of rotatable bonds is 6. The zero-order valence-corrected chi connectivity index (χ0v) is 12.1. The summed E-state index contributed by atoms with van der Waals surface area (Å²) in [6.45, 7) is 4.38. The average molecular weight is 274 g/mol. The van der Waals surface area contributed by atoms with E-state index in [-0.39, 0.29) is 17.9 Å². The SMILES string of the molecule is CC(C)NC(=O)C1(C(=O)NCCc2ccccc2)CC1. The van der Waals surface area contributed by atoms with E-state index in [9.17, 15) is 9.59 Å². The van der Waals surface area contributed by atoms with Crippen molar-refractivity contribution in [1.82, 2.24) is 10.6 Å². The molecule has 108 valence electrons. The lowest BCUT2D eigenvalue weighted by Crippen LogP contribution is -2.45. The predicted octanol–water partition coefficient (Wildman–Crippen LogP) is 1.65. The molecule has 0 aromatic heterocycles. The molecular formula is C16H22N2O2. The molecular weight excluding hydrogens is 252 g/mol. The average Bonchev–Trinajstić information content (AvgIpc) is 3.20. The van der Waals surface area contributed by atoms with Crippen molar-refractivity contribution >= 4 is 11.8 Å². The molecule has 0 spiro atoms. The maximum absolute atomic E-state index is 12.2. The fourth-order valence-electron chi connectivity index (χ4n) is 2.22. The summed E-state index contributed by atoms with van der Waals surface area (Å²) in [5, 5.41) is 5.72. The molecule has 1 aliphatic rings. The topological polar surface area (TPSA) is 58.2 Å². The summed E-state index contributed by atoms with van der Waals surface area (Å²) in [5.41, 5.74) is 0.380. The van der Waals surface area contributed by atoms with Gasteiger partial charge in [-0.1, -0.05) is 30.3 Å². The number of benzene rings is 1. The van der Waals surface area contributed by atoms with Gasteiger partial charge in [-0.15, -0.1) is 0 Å². The minimum absolute atomic E-state index is 0.0668. The molecule has 0 radical (unpaired) electrons. The Morgan fingerprint density at radius 3 is 2.35 bits per heavy atom. The molecule has 1 saturated carbocycles. The Morgan fingerprint density at radius 2 is 1.80 bits per heavy atom. The van der Waals surface area contributed by atoms with Crippen LogP contribution in [0.1, 0.15) is 32.3 Å². The minimum Gasteiger partial charge on any atom is -0.355 e. The highest BCUT2D eigenvalue weighted by Gasteiger charge is 2.56. The summed E-state index contributed by atoms with van der Waals surface area (Å²) >= 11 is 0. The number of carbonyl (C=O) groups excluding carboxylic acids is 2. The van der Waals surface area contributed by atoms with Gasteiger partial charge in [-0.3, -0.25) is 9.59 Å². The number of hydrogen-bond acceptors (Lipinski definition) is 2. The number of amides is 2. The smallest absolute Gasteiger partial charge is 0.235 e. The van der Waals surface area contributed by atoms with Crippen LogP contribution in [-0.4, -0.2) is 24.4 Å².